The van der Waals surface area contributed by atoms with Gasteiger partial charge in [-0.3, -0.25) is 19.3 Å². The molecule has 0 unspecified atom stereocenters. The van der Waals surface area contributed by atoms with Crippen molar-refractivity contribution < 1.29 is 18.9 Å². The topological polar surface area (TPSA) is 95.8 Å². The lowest BCUT2D eigenvalue weighted by atomic mass is 10.0. The van der Waals surface area contributed by atoms with Crippen molar-refractivity contribution in [1.29, 1.82) is 0 Å². The van der Waals surface area contributed by atoms with E-state index >= 15 is 0 Å². The van der Waals surface area contributed by atoms with Crippen LogP contribution in [-0.2, 0) is 4.79 Å². The minimum Gasteiger partial charge on any atom is -0.360 e. The Hall–Kier alpha value is -3.78. The number of aryl methyl sites for hydroxylation is 1. The molecule has 0 radical (unpaired) electrons. The Labute approximate surface area is 184 Å². The lowest BCUT2D eigenvalue weighted by molar-refractivity contribution is -0.117. The van der Waals surface area contributed by atoms with Gasteiger partial charge in [-0.25, -0.2) is 0 Å². The Morgan fingerprint density at radius 2 is 1.69 bits per heavy atom. The molecule has 8 heteroatoms. The summed E-state index contributed by atoms with van der Waals surface area (Å²) in [5, 5.41) is 6.47. The van der Waals surface area contributed by atoms with Gasteiger partial charge in [-0.05, 0) is 30.2 Å². The van der Waals surface area contributed by atoms with E-state index in [1.165, 1.54) is 0 Å². The summed E-state index contributed by atoms with van der Waals surface area (Å²) in [5.74, 6) is 0.719. The minimum atomic E-state index is -0.172. The van der Waals surface area contributed by atoms with E-state index in [4.69, 9.17) is 4.52 Å². The van der Waals surface area contributed by atoms with Gasteiger partial charge in [0.05, 0.1) is 6.54 Å². The first kappa shape index (κ1) is 20.1. The quantitative estimate of drug-likeness (QED) is 0.535. The number of aromatic nitrogens is 1. The average molecular weight is 430 g/mol. The highest BCUT2D eigenvalue weighted by Gasteiger charge is 2.29. The van der Waals surface area contributed by atoms with Gasteiger partial charge < -0.3 is 14.7 Å². The summed E-state index contributed by atoms with van der Waals surface area (Å²) >= 11 is 0. The van der Waals surface area contributed by atoms with Crippen molar-refractivity contribution >= 4 is 23.4 Å². The van der Waals surface area contributed by atoms with E-state index in [1.807, 2.05) is 35.2 Å². The largest absolute Gasteiger partial charge is 0.360 e. The number of nitrogens with zero attached hydrogens (tertiary/aromatic N) is 3. The predicted octanol–water partition coefficient (Wildman–Crippen LogP) is 2.59. The zero-order valence-corrected chi connectivity index (χ0v) is 17.6. The van der Waals surface area contributed by atoms with Crippen LogP contribution in [0.2, 0.25) is 0 Å². The third kappa shape index (κ3) is 3.69. The summed E-state index contributed by atoms with van der Waals surface area (Å²) in [6, 6.07) is 14.5. The molecule has 0 bridgehead atoms. The van der Waals surface area contributed by atoms with Crippen molar-refractivity contribution in [3.8, 4) is 11.1 Å². The minimum absolute atomic E-state index is 0.0385. The molecule has 2 aliphatic rings. The van der Waals surface area contributed by atoms with Gasteiger partial charge in [-0.1, -0.05) is 35.5 Å². The SMILES string of the molecule is Cc1cc(NC(=O)CN2CCN(C(=O)c3ccc4c(c3)C(=O)c3ccccc3-4)CC2)no1. The lowest BCUT2D eigenvalue weighted by Crippen LogP contribution is -2.50. The Balaban J connectivity index is 1.20. The highest BCUT2D eigenvalue weighted by molar-refractivity contribution is 6.22. The van der Waals surface area contributed by atoms with Crippen molar-refractivity contribution in [3.05, 3.63) is 71.0 Å². The number of ketones is 1. The van der Waals surface area contributed by atoms with Crippen LogP contribution in [0, 0.1) is 6.92 Å². The van der Waals surface area contributed by atoms with Gasteiger partial charge in [-0.2, -0.15) is 0 Å². The maximum Gasteiger partial charge on any atom is 0.253 e. The van der Waals surface area contributed by atoms with E-state index in [1.54, 1.807) is 30.0 Å². The second-order valence-electron chi connectivity index (χ2n) is 8.07. The Kier molecular flexibility index (Phi) is 5.07. The molecule has 0 saturated carbocycles. The molecule has 0 spiro atoms. The van der Waals surface area contributed by atoms with E-state index in [9.17, 15) is 14.4 Å². The summed E-state index contributed by atoms with van der Waals surface area (Å²) in [4.78, 5) is 41.8. The number of fused-ring (bicyclic) bond motifs is 3. The fourth-order valence-corrected chi connectivity index (χ4v) is 4.26. The number of anilines is 1. The molecule has 0 atom stereocenters. The van der Waals surface area contributed by atoms with Gasteiger partial charge >= 0.3 is 0 Å². The van der Waals surface area contributed by atoms with E-state index in [2.05, 4.69) is 10.5 Å². The van der Waals surface area contributed by atoms with E-state index < -0.39 is 0 Å². The van der Waals surface area contributed by atoms with Crippen LogP contribution < -0.4 is 5.32 Å². The molecule has 1 fully saturated rings. The number of rotatable bonds is 4. The number of amides is 2. The number of carbonyl (C=O) groups excluding carboxylic acids is 3. The highest BCUT2D eigenvalue weighted by Crippen LogP contribution is 2.36. The molecule has 162 valence electrons. The fraction of sp³-hybridized carbons (Fsp3) is 0.250. The Morgan fingerprint density at radius 3 is 2.41 bits per heavy atom. The van der Waals surface area contributed by atoms with Crippen LogP contribution >= 0.6 is 0 Å². The molecule has 8 nitrogen and oxygen atoms in total. The summed E-state index contributed by atoms with van der Waals surface area (Å²) in [5.41, 5.74) is 3.56. The standard InChI is InChI=1S/C24H22N4O4/c1-15-12-21(26-32-15)25-22(29)14-27-8-10-28(11-9-27)24(31)16-6-7-18-17-4-2-3-5-19(17)23(30)20(18)13-16/h2-7,12-13H,8-11,14H2,1H3,(H,25,26,29). The Morgan fingerprint density at radius 1 is 0.969 bits per heavy atom. The van der Waals surface area contributed by atoms with Gasteiger partial charge in [0.15, 0.2) is 11.6 Å². The van der Waals surface area contributed by atoms with Crippen LogP contribution in [-0.4, -0.2) is 65.3 Å². The number of benzene rings is 2. The molecule has 5 rings (SSSR count). The molecular weight excluding hydrogens is 408 g/mol. The molecule has 1 N–H and O–H groups in total. The van der Waals surface area contributed by atoms with Crippen molar-refractivity contribution in [2.24, 2.45) is 0 Å². The summed E-state index contributed by atoms with van der Waals surface area (Å²) in [7, 11) is 0. The third-order valence-electron chi connectivity index (χ3n) is 5.90. The molecule has 2 aromatic carbocycles. The molecule has 2 heterocycles. The third-order valence-corrected chi connectivity index (χ3v) is 5.90. The van der Waals surface area contributed by atoms with Crippen LogP contribution in [0.3, 0.4) is 0 Å². The lowest BCUT2D eigenvalue weighted by Gasteiger charge is -2.34. The second kappa shape index (κ2) is 8.05. The van der Waals surface area contributed by atoms with Crippen LogP contribution in [0.1, 0.15) is 32.0 Å². The molecule has 1 aliphatic heterocycles. The molecule has 2 amide bonds. The highest BCUT2D eigenvalue weighted by atomic mass is 16.5. The molecule has 1 aromatic heterocycles. The van der Waals surface area contributed by atoms with Gasteiger partial charge in [0, 0.05) is 48.9 Å². The summed E-state index contributed by atoms with van der Waals surface area (Å²) < 4.78 is 4.95. The van der Waals surface area contributed by atoms with E-state index in [0.717, 1.165) is 11.1 Å². The van der Waals surface area contributed by atoms with Crippen LogP contribution in [0.5, 0.6) is 0 Å². The second-order valence-corrected chi connectivity index (χ2v) is 8.07. The van der Waals surface area contributed by atoms with Gasteiger partial charge in [-0.15, -0.1) is 0 Å². The number of hydrogen-bond acceptors (Lipinski definition) is 6. The molecule has 1 saturated heterocycles. The molecule has 32 heavy (non-hydrogen) atoms. The predicted molar refractivity (Wildman–Crippen MR) is 118 cm³/mol. The van der Waals surface area contributed by atoms with Gasteiger partial charge in [0.25, 0.3) is 5.91 Å². The summed E-state index contributed by atoms with van der Waals surface area (Å²) in [6.07, 6.45) is 0. The normalized spacial score (nSPS) is 15.4. The number of nitrogens with one attached hydrogen (secondary N) is 1. The molecule has 3 aromatic rings. The van der Waals surface area contributed by atoms with Crippen molar-refractivity contribution in [3.63, 3.8) is 0 Å². The maximum absolute atomic E-state index is 13.0. The fourth-order valence-electron chi connectivity index (χ4n) is 4.26. The van der Waals surface area contributed by atoms with Crippen LogP contribution in [0.4, 0.5) is 5.82 Å². The van der Waals surface area contributed by atoms with Gasteiger partial charge in [0.2, 0.25) is 5.91 Å². The number of piperazine rings is 1. The Bertz CT molecular complexity index is 1220. The van der Waals surface area contributed by atoms with E-state index in [-0.39, 0.29) is 24.1 Å². The van der Waals surface area contributed by atoms with E-state index in [0.29, 0.717) is 54.4 Å². The zero-order chi connectivity index (χ0) is 22.2. The zero-order valence-electron chi connectivity index (χ0n) is 17.6. The molecular formula is C24H22N4O4. The first-order chi connectivity index (χ1) is 15.5. The number of hydrogen-bond donors (Lipinski definition) is 1. The maximum atomic E-state index is 13.0. The summed E-state index contributed by atoms with van der Waals surface area (Å²) in [6.45, 7) is 4.19. The first-order valence-electron chi connectivity index (χ1n) is 10.5. The van der Waals surface area contributed by atoms with Crippen LogP contribution in [0.15, 0.2) is 53.1 Å². The smallest absolute Gasteiger partial charge is 0.253 e. The van der Waals surface area contributed by atoms with Crippen molar-refractivity contribution in [2.75, 3.05) is 38.0 Å². The van der Waals surface area contributed by atoms with Crippen molar-refractivity contribution in [2.45, 2.75) is 6.92 Å². The monoisotopic (exact) mass is 430 g/mol. The number of carbonyl (C=O) groups is 3. The average Bonchev–Trinajstić information content (AvgIpc) is 3.34. The first-order valence-corrected chi connectivity index (χ1v) is 10.5. The molecule has 1 aliphatic carbocycles. The van der Waals surface area contributed by atoms with Crippen molar-refractivity contribution in [1.82, 2.24) is 15.0 Å². The van der Waals surface area contributed by atoms with Crippen LogP contribution in [0.25, 0.3) is 11.1 Å². The van der Waals surface area contributed by atoms with Gasteiger partial charge in [0.1, 0.15) is 5.76 Å².